The molecule has 7 heteroatoms. The number of rotatable bonds is 9. The van der Waals surface area contributed by atoms with Crippen molar-refractivity contribution >= 4 is 11.9 Å². The molecule has 1 aliphatic rings. The van der Waals surface area contributed by atoms with Crippen LogP contribution in [0.4, 0.5) is 4.39 Å². The molecule has 28 heavy (non-hydrogen) atoms. The van der Waals surface area contributed by atoms with Crippen LogP contribution in [0.3, 0.4) is 0 Å². The number of hydrogen-bond acceptors (Lipinski definition) is 3. The van der Waals surface area contributed by atoms with Crippen molar-refractivity contribution in [2.24, 2.45) is 16.6 Å². The lowest BCUT2D eigenvalue weighted by molar-refractivity contribution is -0.123. The molecule has 1 amide bonds. The number of aryl methyl sites for hydroxylation is 1. The summed E-state index contributed by atoms with van der Waals surface area (Å²) in [6.45, 7) is 8.97. The number of benzene rings is 1. The summed E-state index contributed by atoms with van der Waals surface area (Å²) in [6, 6.07) is 4.91. The Kier molecular flexibility index (Phi) is 9.20. The maximum absolute atomic E-state index is 13.2. The lowest BCUT2D eigenvalue weighted by Gasteiger charge is -2.30. The van der Waals surface area contributed by atoms with Gasteiger partial charge >= 0.3 is 0 Å². The third-order valence-electron chi connectivity index (χ3n) is 5.15. The molecule has 0 saturated carbocycles. The summed E-state index contributed by atoms with van der Waals surface area (Å²) in [5.74, 6) is 0.416. The Morgan fingerprint density at radius 3 is 2.93 bits per heavy atom. The number of hydrogen-bond donors (Lipinski definition) is 3. The number of nitrogens with two attached hydrogens (primary N) is 1. The first-order chi connectivity index (χ1) is 13.5. The first-order valence-electron chi connectivity index (χ1n) is 10.3. The predicted molar refractivity (Wildman–Crippen MR) is 112 cm³/mol. The van der Waals surface area contributed by atoms with Crippen LogP contribution in [0.25, 0.3) is 0 Å². The number of amides is 1. The smallest absolute Gasteiger partial charge is 0.221 e. The van der Waals surface area contributed by atoms with Crippen molar-refractivity contribution in [1.29, 1.82) is 0 Å². The summed E-state index contributed by atoms with van der Waals surface area (Å²) < 4.78 is 13.2. The number of piperidine rings is 1. The van der Waals surface area contributed by atoms with E-state index in [4.69, 9.17) is 5.73 Å². The van der Waals surface area contributed by atoms with Gasteiger partial charge in [0.25, 0.3) is 0 Å². The fourth-order valence-corrected chi connectivity index (χ4v) is 3.57. The van der Waals surface area contributed by atoms with Crippen LogP contribution in [-0.2, 0) is 11.2 Å². The number of halogens is 1. The van der Waals surface area contributed by atoms with Gasteiger partial charge in [-0.2, -0.15) is 0 Å². The van der Waals surface area contributed by atoms with Crippen molar-refractivity contribution in [3.8, 4) is 0 Å². The van der Waals surface area contributed by atoms with E-state index in [-0.39, 0.29) is 17.6 Å². The van der Waals surface area contributed by atoms with Gasteiger partial charge in [0, 0.05) is 26.2 Å². The molecule has 1 saturated heterocycles. The highest BCUT2D eigenvalue weighted by Gasteiger charge is 2.23. The maximum atomic E-state index is 13.2. The molecule has 0 aromatic heterocycles. The lowest BCUT2D eigenvalue weighted by Crippen LogP contribution is -2.41. The number of nitrogens with zero attached hydrogens (tertiary/aromatic N) is 2. The van der Waals surface area contributed by atoms with Gasteiger partial charge in [-0.05, 0) is 75.9 Å². The van der Waals surface area contributed by atoms with Crippen LogP contribution in [0, 0.1) is 18.7 Å². The number of guanidine groups is 1. The van der Waals surface area contributed by atoms with Gasteiger partial charge < -0.3 is 21.3 Å². The molecule has 1 heterocycles. The van der Waals surface area contributed by atoms with E-state index >= 15 is 0 Å². The van der Waals surface area contributed by atoms with Crippen molar-refractivity contribution in [2.45, 2.75) is 39.5 Å². The van der Waals surface area contributed by atoms with Gasteiger partial charge in [0.05, 0.1) is 5.92 Å². The molecule has 1 aliphatic heterocycles. The molecule has 0 radical (unpaired) electrons. The highest BCUT2D eigenvalue weighted by atomic mass is 19.1. The summed E-state index contributed by atoms with van der Waals surface area (Å²) in [7, 11) is 0. The van der Waals surface area contributed by atoms with E-state index in [1.165, 1.54) is 6.07 Å². The van der Waals surface area contributed by atoms with Gasteiger partial charge in [-0.15, -0.1) is 0 Å². The highest BCUT2D eigenvalue weighted by molar-refractivity contribution is 5.79. The van der Waals surface area contributed by atoms with Gasteiger partial charge in [-0.25, -0.2) is 4.39 Å². The summed E-state index contributed by atoms with van der Waals surface area (Å²) in [5, 5.41) is 6.60. The van der Waals surface area contributed by atoms with Crippen molar-refractivity contribution < 1.29 is 9.18 Å². The van der Waals surface area contributed by atoms with Crippen LogP contribution in [-0.4, -0.2) is 56.0 Å². The van der Waals surface area contributed by atoms with Crippen molar-refractivity contribution in [3.05, 3.63) is 35.1 Å². The number of primary amides is 1. The fourth-order valence-electron chi connectivity index (χ4n) is 3.57. The van der Waals surface area contributed by atoms with Gasteiger partial charge in [-0.3, -0.25) is 9.79 Å². The molecule has 1 aromatic carbocycles. The standard InChI is InChI=1S/C21H34FN5O/c1-3-24-21(26-11-9-17-7-8-19(22)14-16(17)2)25-10-5-13-27-12-4-6-18(15-27)20(23)28/h7-8,14,18H,3-6,9-13,15H2,1-2H3,(H2,23,28)(H2,24,25,26). The third-order valence-corrected chi connectivity index (χ3v) is 5.15. The van der Waals surface area contributed by atoms with Gasteiger partial charge in [0.2, 0.25) is 5.91 Å². The second-order valence-corrected chi connectivity index (χ2v) is 7.40. The van der Waals surface area contributed by atoms with E-state index in [1.54, 1.807) is 6.07 Å². The van der Waals surface area contributed by atoms with Crippen LogP contribution in [0.5, 0.6) is 0 Å². The second-order valence-electron chi connectivity index (χ2n) is 7.40. The summed E-state index contributed by atoms with van der Waals surface area (Å²) in [5.41, 5.74) is 7.55. The summed E-state index contributed by atoms with van der Waals surface area (Å²) in [4.78, 5) is 18.3. The predicted octanol–water partition coefficient (Wildman–Crippen LogP) is 1.82. The minimum absolute atomic E-state index is 0.00819. The Balaban J connectivity index is 1.73. The summed E-state index contributed by atoms with van der Waals surface area (Å²) in [6.07, 6.45) is 3.70. The normalized spacial score (nSPS) is 18.1. The van der Waals surface area contributed by atoms with Gasteiger partial charge in [0.15, 0.2) is 5.96 Å². The Morgan fingerprint density at radius 2 is 2.21 bits per heavy atom. The lowest BCUT2D eigenvalue weighted by atomic mass is 9.97. The van der Waals surface area contributed by atoms with Gasteiger partial charge in [-0.1, -0.05) is 6.07 Å². The molecule has 1 unspecified atom stereocenters. The summed E-state index contributed by atoms with van der Waals surface area (Å²) >= 11 is 0. The Labute approximate surface area is 167 Å². The molecule has 0 aliphatic carbocycles. The maximum Gasteiger partial charge on any atom is 0.221 e. The minimum Gasteiger partial charge on any atom is -0.369 e. The SMILES string of the molecule is CCNC(=NCCCN1CCCC(C(N)=O)C1)NCCc1ccc(F)cc1C. The topological polar surface area (TPSA) is 82.8 Å². The molecule has 1 aromatic rings. The van der Waals surface area contributed by atoms with E-state index in [1.807, 2.05) is 19.9 Å². The number of aliphatic imine (C=N–C) groups is 1. The molecule has 0 spiro atoms. The van der Waals surface area contributed by atoms with E-state index in [0.717, 1.165) is 82.0 Å². The Bertz CT molecular complexity index is 664. The zero-order chi connectivity index (χ0) is 20.4. The molecule has 6 nitrogen and oxygen atoms in total. The molecular weight excluding hydrogens is 357 g/mol. The first kappa shape index (κ1) is 22.1. The minimum atomic E-state index is -0.194. The largest absolute Gasteiger partial charge is 0.369 e. The first-order valence-corrected chi connectivity index (χ1v) is 10.3. The fraction of sp³-hybridized carbons (Fsp3) is 0.619. The van der Waals surface area contributed by atoms with Crippen LogP contribution in [0.2, 0.25) is 0 Å². The van der Waals surface area contributed by atoms with E-state index < -0.39 is 0 Å². The molecule has 1 atom stereocenters. The van der Waals surface area contributed by atoms with Crippen molar-refractivity contribution in [1.82, 2.24) is 15.5 Å². The van der Waals surface area contributed by atoms with Crippen LogP contribution in [0.1, 0.15) is 37.3 Å². The average Bonchev–Trinajstić information content (AvgIpc) is 2.67. The molecular formula is C21H34FN5O. The van der Waals surface area contributed by atoms with Gasteiger partial charge in [0.1, 0.15) is 5.82 Å². The third kappa shape index (κ3) is 7.46. The second kappa shape index (κ2) is 11.6. The molecule has 156 valence electrons. The molecule has 0 bridgehead atoms. The average molecular weight is 392 g/mol. The van der Waals surface area contributed by atoms with Crippen LogP contribution >= 0.6 is 0 Å². The monoisotopic (exact) mass is 391 g/mol. The Hall–Kier alpha value is -2.15. The van der Waals surface area contributed by atoms with E-state index in [2.05, 4.69) is 20.5 Å². The number of likely N-dealkylation sites (tertiary alicyclic amines) is 1. The number of carbonyl (C=O) groups excluding carboxylic acids is 1. The molecule has 1 fully saturated rings. The van der Waals surface area contributed by atoms with Crippen molar-refractivity contribution in [3.63, 3.8) is 0 Å². The van der Waals surface area contributed by atoms with E-state index in [0.29, 0.717) is 0 Å². The Morgan fingerprint density at radius 1 is 1.39 bits per heavy atom. The van der Waals surface area contributed by atoms with E-state index in [9.17, 15) is 9.18 Å². The number of carbonyl (C=O) groups is 1. The molecule has 4 N–H and O–H groups in total. The quantitative estimate of drug-likeness (QED) is 0.341. The highest BCUT2D eigenvalue weighted by Crippen LogP contribution is 2.16. The van der Waals surface area contributed by atoms with Crippen molar-refractivity contribution in [2.75, 3.05) is 39.3 Å². The zero-order valence-electron chi connectivity index (χ0n) is 17.1. The molecule has 2 rings (SSSR count). The zero-order valence-corrected chi connectivity index (χ0v) is 17.1. The number of nitrogens with one attached hydrogen (secondary N) is 2. The van der Waals surface area contributed by atoms with Crippen LogP contribution < -0.4 is 16.4 Å². The van der Waals surface area contributed by atoms with Crippen LogP contribution in [0.15, 0.2) is 23.2 Å².